The van der Waals surface area contributed by atoms with Gasteiger partial charge in [0.2, 0.25) is 0 Å². The van der Waals surface area contributed by atoms with Gasteiger partial charge in [-0.2, -0.15) is 0 Å². The number of aliphatic hydroxyl groups excluding tert-OH is 1. The highest BCUT2D eigenvalue weighted by Gasteiger charge is 2.04. The van der Waals surface area contributed by atoms with Crippen LogP contribution in [0.15, 0.2) is 48.7 Å². The Morgan fingerprint density at radius 1 is 1.12 bits per heavy atom. The van der Waals surface area contributed by atoms with Crippen molar-refractivity contribution in [2.75, 3.05) is 6.61 Å². The second-order valence-electron chi connectivity index (χ2n) is 3.63. The zero-order valence-electron chi connectivity index (χ0n) is 8.88. The van der Waals surface area contributed by atoms with Crippen LogP contribution in [0.1, 0.15) is 11.6 Å². The van der Waals surface area contributed by atoms with E-state index in [2.05, 4.69) is 4.98 Å². The lowest BCUT2D eigenvalue weighted by atomic mass is 10.0. The van der Waals surface area contributed by atoms with Gasteiger partial charge in [0.05, 0.1) is 18.3 Å². The van der Waals surface area contributed by atoms with Crippen molar-refractivity contribution < 1.29 is 5.11 Å². The normalized spacial score (nSPS) is 12.4. The van der Waals surface area contributed by atoms with Crippen LogP contribution in [0.3, 0.4) is 0 Å². The molecule has 0 unspecified atom stereocenters. The summed E-state index contributed by atoms with van der Waals surface area (Å²) in [6.45, 7) is -0.0388. The monoisotopic (exact) mass is 214 g/mol. The van der Waals surface area contributed by atoms with Gasteiger partial charge in [0.15, 0.2) is 0 Å². The molecule has 0 saturated carbocycles. The van der Waals surface area contributed by atoms with E-state index in [4.69, 9.17) is 10.8 Å². The van der Waals surface area contributed by atoms with Gasteiger partial charge in [0.25, 0.3) is 0 Å². The predicted molar refractivity (Wildman–Crippen MR) is 63.7 cm³/mol. The van der Waals surface area contributed by atoms with E-state index < -0.39 is 0 Å². The van der Waals surface area contributed by atoms with Gasteiger partial charge < -0.3 is 10.8 Å². The molecule has 1 heterocycles. The van der Waals surface area contributed by atoms with Gasteiger partial charge in [0.1, 0.15) is 0 Å². The second kappa shape index (κ2) is 4.88. The van der Waals surface area contributed by atoms with Crippen molar-refractivity contribution in [2.45, 2.75) is 6.04 Å². The summed E-state index contributed by atoms with van der Waals surface area (Å²) in [4.78, 5) is 4.26. The lowest BCUT2D eigenvalue weighted by molar-refractivity contribution is 0.268. The van der Waals surface area contributed by atoms with Crippen LogP contribution in [-0.2, 0) is 0 Å². The standard InChI is InChI=1S/C13H14N2O/c14-12(9-16)10-4-6-11(7-5-10)13-3-1-2-8-15-13/h1-8,12,16H,9,14H2/t12-/m1/s1. The fourth-order valence-corrected chi connectivity index (χ4v) is 1.54. The van der Waals surface area contributed by atoms with Crippen LogP contribution in [-0.4, -0.2) is 16.7 Å². The summed E-state index contributed by atoms with van der Waals surface area (Å²) < 4.78 is 0. The summed E-state index contributed by atoms with van der Waals surface area (Å²) >= 11 is 0. The molecule has 0 spiro atoms. The van der Waals surface area contributed by atoms with Crippen molar-refractivity contribution in [3.05, 3.63) is 54.2 Å². The zero-order valence-corrected chi connectivity index (χ0v) is 8.88. The molecular formula is C13H14N2O. The van der Waals surface area contributed by atoms with Gasteiger partial charge in [0, 0.05) is 11.8 Å². The van der Waals surface area contributed by atoms with E-state index in [9.17, 15) is 0 Å². The molecule has 0 aliphatic carbocycles. The molecular weight excluding hydrogens is 200 g/mol. The quantitative estimate of drug-likeness (QED) is 0.818. The molecule has 1 atom stereocenters. The van der Waals surface area contributed by atoms with Gasteiger partial charge in [-0.15, -0.1) is 0 Å². The van der Waals surface area contributed by atoms with E-state index in [1.165, 1.54) is 0 Å². The third-order valence-corrected chi connectivity index (χ3v) is 2.50. The van der Waals surface area contributed by atoms with Gasteiger partial charge in [-0.3, -0.25) is 4.98 Å². The first-order valence-corrected chi connectivity index (χ1v) is 5.19. The number of aliphatic hydroxyl groups is 1. The molecule has 0 saturated heterocycles. The Morgan fingerprint density at radius 3 is 2.44 bits per heavy atom. The molecule has 0 aliphatic heterocycles. The third kappa shape index (κ3) is 2.27. The first-order chi connectivity index (χ1) is 7.81. The number of pyridine rings is 1. The van der Waals surface area contributed by atoms with Crippen molar-refractivity contribution in [1.29, 1.82) is 0 Å². The van der Waals surface area contributed by atoms with Crippen LogP contribution >= 0.6 is 0 Å². The molecule has 3 nitrogen and oxygen atoms in total. The minimum Gasteiger partial charge on any atom is -0.394 e. The van der Waals surface area contributed by atoms with Crippen molar-refractivity contribution >= 4 is 0 Å². The molecule has 82 valence electrons. The van der Waals surface area contributed by atoms with E-state index in [1.807, 2.05) is 42.5 Å². The van der Waals surface area contributed by atoms with E-state index in [0.717, 1.165) is 16.8 Å². The number of benzene rings is 1. The van der Waals surface area contributed by atoms with E-state index >= 15 is 0 Å². The molecule has 0 aliphatic rings. The average Bonchev–Trinajstić information content (AvgIpc) is 2.39. The highest BCUT2D eigenvalue weighted by atomic mass is 16.3. The Kier molecular flexibility index (Phi) is 3.29. The highest BCUT2D eigenvalue weighted by Crippen LogP contribution is 2.18. The topological polar surface area (TPSA) is 59.1 Å². The van der Waals surface area contributed by atoms with Gasteiger partial charge in [-0.25, -0.2) is 0 Å². The molecule has 2 aromatic rings. The summed E-state index contributed by atoms with van der Waals surface area (Å²) in [6, 6.07) is 13.3. The predicted octanol–water partition coefficient (Wildman–Crippen LogP) is 1.74. The van der Waals surface area contributed by atoms with Gasteiger partial charge in [-0.05, 0) is 17.7 Å². The summed E-state index contributed by atoms with van der Waals surface area (Å²) in [5.41, 5.74) is 8.64. The summed E-state index contributed by atoms with van der Waals surface area (Å²) in [5, 5.41) is 8.94. The number of hydrogen-bond donors (Lipinski definition) is 2. The minimum absolute atomic E-state index is 0.0388. The first kappa shape index (κ1) is 10.8. The number of nitrogens with two attached hydrogens (primary N) is 1. The average molecular weight is 214 g/mol. The largest absolute Gasteiger partial charge is 0.394 e. The highest BCUT2D eigenvalue weighted by molar-refractivity contribution is 5.59. The Balaban J connectivity index is 2.26. The molecule has 0 amide bonds. The lowest BCUT2D eigenvalue weighted by Crippen LogP contribution is -2.14. The Labute approximate surface area is 94.6 Å². The summed E-state index contributed by atoms with van der Waals surface area (Å²) in [5.74, 6) is 0. The van der Waals surface area contributed by atoms with E-state index in [0.29, 0.717) is 0 Å². The summed E-state index contributed by atoms with van der Waals surface area (Å²) in [6.07, 6.45) is 1.77. The molecule has 0 radical (unpaired) electrons. The number of hydrogen-bond acceptors (Lipinski definition) is 3. The second-order valence-corrected chi connectivity index (χ2v) is 3.63. The maximum atomic E-state index is 8.94. The third-order valence-electron chi connectivity index (χ3n) is 2.50. The fourth-order valence-electron chi connectivity index (χ4n) is 1.54. The van der Waals surface area contributed by atoms with Crippen molar-refractivity contribution in [2.24, 2.45) is 5.73 Å². The van der Waals surface area contributed by atoms with Crippen LogP contribution in [0.4, 0.5) is 0 Å². The maximum Gasteiger partial charge on any atom is 0.0701 e. The van der Waals surface area contributed by atoms with Crippen molar-refractivity contribution in [1.82, 2.24) is 4.98 Å². The molecule has 3 N–H and O–H groups in total. The Morgan fingerprint density at radius 2 is 1.88 bits per heavy atom. The van der Waals surface area contributed by atoms with Crippen LogP contribution in [0.5, 0.6) is 0 Å². The van der Waals surface area contributed by atoms with Crippen LogP contribution in [0, 0.1) is 0 Å². The molecule has 3 heteroatoms. The number of nitrogens with zero attached hydrogens (tertiary/aromatic N) is 1. The summed E-state index contributed by atoms with van der Waals surface area (Å²) in [7, 11) is 0. The number of aromatic nitrogens is 1. The zero-order chi connectivity index (χ0) is 11.4. The van der Waals surface area contributed by atoms with Crippen molar-refractivity contribution in [3.63, 3.8) is 0 Å². The molecule has 1 aromatic carbocycles. The first-order valence-electron chi connectivity index (χ1n) is 5.19. The van der Waals surface area contributed by atoms with Gasteiger partial charge in [-0.1, -0.05) is 30.3 Å². The maximum absolute atomic E-state index is 8.94. The molecule has 0 bridgehead atoms. The van der Waals surface area contributed by atoms with E-state index in [-0.39, 0.29) is 12.6 Å². The van der Waals surface area contributed by atoms with E-state index in [1.54, 1.807) is 6.20 Å². The smallest absolute Gasteiger partial charge is 0.0701 e. The van der Waals surface area contributed by atoms with Crippen LogP contribution in [0.2, 0.25) is 0 Å². The van der Waals surface area contributed by atoms with Crippen LogP contribution < -0.4 is 5.73 Å². The molecule has 16 heavy (non-hydrogen) atoms. The lowest BCUT2D eigenvalue weighted by Gasteiger charge is -2.08. The Hall–Kier alpha value is -1.71. The van der Waals surface area contributed by atoms with Gasteiger partial charge >= 0.3 is 0 Å². The molecule has 0 fully saturated rings. The minimum atomic E-state index is -0.308. The fraction of sp³-hybridized carbons (Fsp3) is 0.154. The van der Waals surface area contributed by atoms with Crippen LogP contribution in [0.25, 0.3) is 11.3 Å². The molecule has 2 rings (SSSR count). The number of rotatable bonds is 3. The molecule has 1 aromatic heterocycles. The van der Waals surface area contributed by atoms with Crippen molar-refractivity contribution in [3.8, 4) is 11.3 Å². The SMILES string of the molecule is N[C@H](CO)c1ccc(-c2ccccn2)cc1. The Bertz CT molecular complexity index is 439.